The summed E-state index contributed by atoms with van der Waals surface area (Å²) in [6.07, 6.45) is -4.20. The van der Waals surface area contributed by atoms with E-state index in [4.69, 9.17) is 10.3 Å². The van der Waals surface area contributed by atoms with E-state index in [9.17, 15) is 13.2 Å². The van der Waals surface area contributed by atoms with Crippen molar-refractivity contribution in [3.8, 4) is 11.5 Å². The molecule has 21 heavy (non-hydrogen) atoms. The summed E-state index contributed by atoms with van der Waals surface area (Å²) in [7, 11) is 0. The highest BCUT2D eigenvalue weighted by atomic mass is 19.4. The lowest BCUT2D eigenvalue weighted by atomic mass is 10.1. The summed E-state index contributed by atoms with van der Waals surface area (Å²) in [5, 5.41) is 3.71. The molecule has 1 aromatic heterocycles. The molecule has 8 heteroatoms. The van der Waals surface area contributed by atoms with Gasteiger partial charge in [-0.05, 0) is 18.6 Å². The number of hydrogen-bond donors (Lipinski definition) is 1. The van der Waals surface area contributed by atoms with E-state index in [1.165, 1.54) is 0 Å². The van der Waals surface area contributed by atoms with E-state index in [-0.39, 0.29) is 24.7 Å². The Balaban J connectivity index is 1.99. The fourth-order valence-electron chi connectivity index (χ4n) is 1.79. The van der Waals surface area contributed by atoms with Gasteiger partial charge in [0.15, 0.2) is 5.82 Å². The molecule has 1 heterocycles. The Morgan fingerprint density at radius 1 is 1.33 bits per heavy atom. The normalized spacial score (nSPS) is 11.8. The van der Waals surface area contributed by atoms with Gasteiger partial charge in [-0.2, -0.15) is 18.2 Å². The zero-order valence-corrected chi connectivity index (χ0v) is 11.3. The van der Waals surface area contributed by atoms with E-state index in [1.54, 1.807) is 12.1 Å². The summed E-state index contributed by atoms with van der Waals surface area (Å²) in [5.41, 5.74) is 7.86. The number of halogens is 3. The number of nitrogens with two attached hydrogens (primary N) is 1. The number of aryl methyl sites for hydroxylation is 1. The molecule has 2 rings (SSSR count). The van der Waals surface area contributed by atoms with Gasteiger partial charge in [-0.1, -0.05) is 17.3 Å². The third-order valence-electron chi connectivity index (χ3n) is 2.72. The predicted octanol–water partition coefficient (Wildman–Crippen LogP) is 2.75. The van der Waals surface area contributed by atoms with Crippen LogP contribution in [0.25, 0.3) is 11.5 Å². The number of ether oxygens (including phenoxy) is 1. The van der Waals surface area contributed by atoms with Gasteiger partial charge in [0.1, 0.15) is 6.61 Å². The largest absolute Gasteiger partial charge is 0.411 e. The van der Waals surface area contributed by atoms with Crippen LogP contribution in [0.15, 0.2) is 22.7 Å². The number of aromatic nitrogens is 2. The molecule has 2 aromatic rings. The van der Waals surface area contributed by atoms with Crippen molar-refractivity contribution in [1.82, 2.24) is 10.1 Å². The van der Waals surface area contributed by atoms with Crippen molar-refractivity contribution in [3.05, 3.63) is 29.6 Å². The minimum Gasteiger partial charge on any atom is -0.398 e. The zero-order valence-electron chi connectivity index (χ0n) is 11.3. The first-order valence-corrected chi connectivity index (χ1v) is 6.19. The molecule has 0 aliphatic heterocycles. The van der Waals surface area contributed by atoms with Crippen LogP contribution in [0.4, 0.5) is 18.9 Å². The molecule has 0 saturated heterocycles. The van der Waals surface area contributed by atoms with Crippen molar-refractivity contribution in [2.24, 2.45) is 0 Å². The molecule has 0 atom stereocenters. The van der Waals surface area contributed by atoms with Crippen molar-refractivity contribution < 1.29 is 22.4 Å². The molecule has 0 aliphatic rings. The Hall–Kier alpha value is -2.09. The first-order chi connectivity index (χ1) is 9.87. The van der Waals surface area contributed by atoms with Crippen molar-refractivity contribution in [2.45, 2.75) is 19.5 Å². The topological polar surface area (TPSA) is 74.2 Å². The second-order valence-corrected chi connectivity index (χ2v) is 4.47. The number of benzene rings is 1. The fraction of sp³-hybridized carbons (Fsp3) is 0.385. The molecule has 5 nitrogen and oxygen atoms in total. The zero-order chi connectivity index (χ0) is 15.5. The molecule has 0 aliphatic carbocycles. The van der Waals surface area contributed by atoms with E-state index in [0.29, 0.717) is 11.3 Å². The van der Waals surface area contributed by atoms with E-state index in [2.05, 4.69) is 14.9 Å². The molecule has 0 spiro atoms. The second kappa shape index (κ2) is 6.13. The molecular weight excluding hydrogens is 287 g/mol. The van der Waals surface area contributed by atoms with Gasteiger partial charge in [0, 0.05) is 12.1 Å². The molecule has 114 valence electrons. The Morgan fingerprint density at radius 3 is 2.76 bits per heavy atom. The van der Waals surface area contributed by atoms with Crippen LogP contribution in [0.2, 0.25) is 0 Å². The number of rotatable bonds is 5. The fourth-order valence-corrected chi connectivity index (χ4v) is 1.79. The monoisotopic (exact) mass is 301 g/mol. The van der Waals surface area contributed by atoms with E-state index < -0.39 is 12.8 Å². The maximum atomic E-state index is 11.9. The Kier molecular flexibility index (Phi) is 4.46. The SMILES string of the molecule is Cc1cccc(N)c1-c1nc(CCOCC(F)(F)F)no1. The maximum Gasteiger partial charge on any atom is 0.411 e. The number of nitrogen functional groups attached to an aromatic ring is 1. The summed E-state index contributed by atoms with van der Waals surface area (Å²) < 4.78 is 45.3. The van der Waals surface area contributed by atoms with E-state index in [1.807, 2.05) is 13.0 Å². The highest BCUT2D eigenvalue weighted by Crippen LogP contribution is 2.27. The Labute approximate surface area is 118 Å². The molecule has 0 unspecified atom stereocenters. The molecule has 0 bridgehead atoms. The third-order valence-corrected chi connectivity index (χ3v) is 2.72. The highest BCUT2D eigenvalue weighted by Gasteiger charge is 2.27. The van der Waals surface area contributed by atoms with Gasteiger partial charge in [-0.3, -0.25) is 0 Å². The number of anilines is 1. The number of alkyl halides is 3. The van der Waals surface area contributed by atoms with E-state index >= 15 is 0 Å². The van der Waals surface area contributed by atoms with Gasteiger partial charge in [0.05, 0.1) is 12.2 Å². The summed E-state index contributed by atoms with van der Waals surface area (Å²) >= 11 is 0. The number of nitrogens with zero attached hydrogens (tertiary/aromatic N) is 2. The molecule has 0 saturated carbocycles. The average Bonchev–Trinajstić information content (AvgIpc) is 2.82. The van der Waals surface area contributed by atoms with Crippen molar-refractivity contribution in [1.29, 1.82) is 0 Å². The van der Waals surface area contributed by atoms with Crippen molar-refractivity contribution in [2.75, 3.05) is 18.9 Å². The summed E-state index contributed by atoms with van der Waals surface area (Å²) in [6.45, 7) is 0.423. The van der Waals surface area contributed by atoms with Crippen molar-refractivity contribution in [3.63, 3.8) is 0 Å². The third kappa shape index (κ3) is 4.19. The second-order valence-electron chi connectivity index (χ2n) is 4.47. The van der Waals surface area contributed by atoms with Gasteiger partial charge in [-0.15, -0.1) is 0 Å². The lowest BCUT2D eigenvalue weighted by Crippen LogP contribution is -2.18. The lowest BCUT2D eigenvalue weighted by Gasteiger charge is -2.05. The standard InChI is InChI=1S/C13H14F3N3O2/c1-8-3-2-4-9(17)11(8)12-18-10(19-21-12)5-6-20-7-13(14,15)16/h2-4H,5-7,17H2,1H3. The summed E-state index contributed by atoms with van der Waals surface area (Å²) in [6, 6.07) is 5.36. The van der Waals surface area contributed by atoms with Crippen LogP contribution >= 0.6 is 0 Å². The predicted molar refractivity (Wildman–Crippen MR) is 69.5 cm³/mol. The minimum atomic E-state index is -4.34. The summed E-state index contributed by atoms with van der Waals surface area (Å²) in [5.74, 6) is 0.520. The van der Waals surface area contributed by atoms with Gasteiger partial charge in [-0.25, -0.2) is 0 Å². The van der Waals surface area contributed by atoms with Crippen LogP contribution in [-0.2, 0) is 11.2 Å². The number of hydrogen-bond acceptors (Lipinski definition) is 5. The van der Waals surface area contributed by atoms with Crippen molar-refractivity contribution >= 4 is 5.69 Å². The van der Waals surface area contributed by atoms with Crippen LogP contribution in [0.1, 0.15) is 11.4 Å². The van der Waals surface area contributed by atoms with Gasteiger partial charge < -0.3 is 15.0 Å². The highest BCUT2D eigenvalue weighted by molar-refractivity contribution is 5.73. The maximum absolute atomic E-state index is 11.9. The molecule has 0 radical (unpaired) electrons. The molecule has 2 N–H and O–H groups in total. The first-order valence-electron chi connectivity index (χ1n) is 6.19. The van der Waals surface area contributed by atoms with Crippen LogP contribution in [0, 0.1) is 6.92 Å². The van der Waals surface area contributed by atoms with Crippen LogP contribution < -0.4 is 5.73 Å². The van der Waals surface area contributed by atoms with Crippen LogP contribution in [-0.4, -0.2) is 29.5 Å². The van der Waals surface area contributed by atoms with Crippen LogP contribution in [0.3, 0.4) is 0 Å². The summed E-state index contributed by atoms with van der Waals surface area (Å²) in [4.78, 5) is 4.12. The van der Waals surface area contributed by atoms with Gasteiger partial charge in [0.2, 0.25) is 0 Å². The molecule has 0 fully saturated rings. The first kappa shape index (κ1) is 15.3. The van der Waals surface area contributed by atoms with Gasteiger partial charge in [0.25, 0.3) is 5.89 Å². The average molecular weight is 301 g/mol. The Bertz CT molecular complexity index is 591. The van der Waals surface area contributed by atoms with Gasteiger partial charge >= 0.3 is 6.18 Å². The van der Waals surface area contributed by atoms with Crippen LogP contribution in [0.5, 0.6) is 0 Å². The quantitative estimate of drug-likeness (QED) is 0.679. The molecule has 0 amide bonds. The molecule has 1 aromatic carbocycles. The smallest absolute Gasteiger partial charge is 0.398 e. The van der Waals surface area contributed by atoms with E-state index in [0.717, 1.165) is 5.56 Å². The Morgan fingerprint density at radius 2 is 2.10 bits per heavy atom. The minimum absolute atomic E-state index is 0.130. The lowest BCUT2D eigenvalue weighted by molar-refractivity contribution is -0.173. The molecular formula is C13H14F3N3O2.